The van der Waals surface area contributed by atoms with Crippen molar-refractivity contribution in [1.29, 1.82) is 0 Å². The summed E-state index contributed by atoms with van der Waals surface area (Å²) in [5.74, 6) is 0. The summed E-state index contributed by atoms with van der Waals surface area (Å²) in [5, 5.41) is 0. The topological polar surface area (TPSA) is 0 Å². The summed E-state index contributed by atoms with van der Waals surface area (Å²) in [7, 11) is 5.92. The third kappa shape index (κ3) is 1.33. The molecule has 2 heteroatoms. The van der Waals surface area contributed by atoms with E-state index in [0.717, 1.165) is 15.5 Å². The maximum absolute atomic E-state index is 5.92. The molecule has 1 aromatic carbocycles. The van der Waals surface area contributed by atoms with Crippen LogP contribution in [0.5, 0.6) is 0 Å². The van der Waals surface area contributed by atoms with Gasteiger partial charge in [0.1, 0.15) is 7.85 Å². The van der Waals surface area contributed by atoms with Crippen LogP contribution < -0.4 is 5.46 Å². The van der Waals surface area contributed by atoms with Gasteiger partial charge in [-0.3, -0.25) is 0 Å². The molecule has 0 saturated carbocycles. The molecule has 0 atom stereocenters. The summed E-state index contributed by atoms with van der Waals surface area (Å²) in [6, 6.07) is 0. The van der Waals surface area contributed by atoms with E-state index >= 15 is 0 Å². The molecule has 0 fully saturated rings. The standard InChI is InChI=1S/C10H12BBr/c1-5-6(2)9(11)8(4)10(12)7(5)3/h1-4H3. The molecule has 2 radical (unpaired) electrons. The van der Waals surface area contributed by atoms with Crippen molar-refractivity contribution >= 4 is 29.2 Å². The summed E-state index contributed by atoms with van der Waals surface area (Å²) in [6.07, 6.45) is 0. The third-order valence-electron chi connectivity index (χ3n) is 2.59. The Morgan fingerprint density at radius 1 is 0.833 bits per heavy atom. The van der Waals surface area contributed by atoms with Crippen molar-refractivity contribution < 1.29 is 0 Å². The highest BCUT2D eigenvalue weighted by atomic mass is 79.9. The van der Waals surface area contributed by atoms with Crippen LogP contribution in [0.15, 0.2) is 4.47 Å². The van der Waals surface area contributed by atoms with E-state index in [1.165, 1.54) is 16.7 Å². The second kappa shape index (κ2) is 3.25. The van der Waals surface area contributed by atoms with Crippen molar-refractivity contribution in [1.82, 2.24) is 0 Å². The van der Waals surface area contributed by atoms with Crippen LogP contribution in [-0.2, 0) is 0 Å². The molecule has 1 rings (SSSR count). The van der Waals surface area contributed by atoms with Crippen LogP contribution in [0, 0.1) is 27.7 Å². The zero-order valence-electron chi connectivity index (χ0n) is 7.96. The van der Waals surface area contributed by atoms with Gasteiger partial charge in [0, 0.05) is 4.47 Å². The molecule has 12 heavy (non-hydrogen) atoms. The maximum atomic E-state index is 5.92. The number of benzene rings is 1. The van der Waals surface area contributed by atoms with Gasteiger partial charge in [0.25, 0.3) is 0 Å². The van der Waals surface area contributed by atoms with E-state index in [2.05, 4.69) is 36.7 Å². The molecule has 0 spiro atoms. The maximum Gasteiger partial charge on any atom is 0.114 e. The Morgan fingerprint density at radius 2 is 1.33 bits per heavy atom. The Bertz CT molecular complexity index is 224. The third-order valence-corrected chi connectivity index (χ3v) is 3.78. The van der Waals surface area contributed by atoms with E-state index in [-0.39, 0.29) is 0 Å². The van der Waals surface area contributed by atoms with Gasteiger partial charge in [0.05, 0.1) is 0 Å². The summed E-state index contributed by atoms with van der Waals surface area (Å²) in [4.78, 5) is 0. The van der Waals surface area contributed by atoms with Gasteiger partial charge in [0.2, 0.25) is 0 Å². The average molecular weight is 223 g/mol. The van der Waals surface area contributed by atoms with Gasteiger partial charge in [-0.25, -0.2) is 0 Å². The molecule has 0 saturated heterocycles. The molecular formula is C10H12BBr. The molecule has 0 amide bonds. The molecule has 0 unspecified atom stereocenters. The van der Waals surface area contributed by atoms with Crippen LogP contribution >= 0.6 is 15.9 Å². The molecule has 0 N–H and O–H groups in total. The minimum Gasteiger partial charge on any atom is -0.0896 e. The zero-order chi connectivity index (χ0) is 9.46. The van der Waals surface area contributed by atoms with Gasteiger partial charge in [-0.1, -0.05) is 27.0 Å². The highest BCUT2D eigenvalue weighted by Gasteiger charge is 2.08. The second-order valence-corrected chi connectivity index (χ2v) is 4.02. The predicted octanol–water partition coefficient (Wildman–Crippen LogP) is 2.48. The van der Waals surface area contributed by atoms with Gasteiger partial charge < -0.3 is 0 Å². The first-order valence-corrected chi connectivity index (χ1v) is 4.77. The summed E-state index contributed by atoms with van der Waals surface area (Å²) in [5.41, 5.74) is 5.83. The smallest absolute Gasteiger partial charge is 0.0896 e. The molecule has 0 heterocycles. The largest absolute Gasteiger partial charge is 0.114 e. The zero-order valence-corrected chi connectivity index (χ0v) is 9.54. The van der Waals surface area contributed by atoms with Crippen molar-refractivity contribution in [3.8, 4) is 0 Å². The molecule has 0 bridgehead atoms. The van der Waals surface area contributed by atoms with Gasteiger partial charge in [-0.15, -0.1) is 0 Å². The van der Waals surface area contributed by atoms with Gasteiger partial charge in [-0.05, 0) is 44.4 Å². The van der Waals surface area contributed by atoms with Crippen LogP contribution in [0.1, 0.15) is 22.3 Å². The average Bonchev–Trinajstić information content (AvgIpc) is 2.08. The Labute approximate surface area is 83.9 Å². The highest BCUT2D eigenvalue weighted by molar-refractivity contribution is 9.10. The molecule has 0 aliphatic heterocycles. The van der Waals surface area contributed by atoms with Crippen LogP contribution in [0.25, 0.3) is 0 Å². The minimum atomic E-state index is 0.907. The predicted molar refractivity (Wildman–Crippen MR) is 58.5 cm³/mol. The molecule has 0 aliphatic carbocycles. The van der Waals surface area contributed by atoms with Crippen molar-refractivity contribution in [2.24, 2.45) is 0 Å². The monoisotopic (exact) mass is 222 g/mol. The van der Waals surface area contributed by atoms with Crippen molar-refractivity contribution in [2.75, 3.05) is 0 Å². The summed E-state index contributed by atoms with van der Waals surface area (Å²) >= 11 is 3.53. The molecule has 0 nitrogen and oxygen atoms in total. The minimum absolute atomic E-state index is 0.907. The number of hydrogen-bond donors (Lipinski definition) is 0. The van der Waals surface area contributed by atoms with E-state index in [9.17, 15) is 0 Å². The van der Waals surface area contributed by atoms with E-state index in [4.69, 9.17) is 7.85 Å². The van der Waals surface area contributed by atoms with Gasteiger partial charge >= 0.3 is 0 Å². The normalized spacial score (nSPS) is 10.4. The SMILES string of the molecule is [B]c1c(C)c(C)c(C)c(Br)c1C. The van der Waals surface area contributed by atoms with Crippen LogP contribution in [0.4, 0.5) is 0 Å². The first kappa shape index (κ1) is 9.85. The van der Waals surface area contributed by atoms with Gasteiger partial charge in [-0.2, -0.15) is 0 Å². The lowest BCUT2D eigenvalue weighted by molar-refractivity contribution is 1.23. The lowest BCUT2D eigenvalue weighted by Crippen LogP contribution is -2.15. The Kier molecular flexibility index (Phi) is 2.67. The molecule has 0 aliphatic rings. The van der Waals surface area contributed by atoms with Crippen LogP contribution in [0.3, 0.4) is 0 Å². The van der Waals surface area contributed by atoms with E-state index in [1.54, 1.807) is 0 Å². The van der Waals surface area contributed by atoms with Crippen LogP contribution in [-0.4, -0.2) is 7.85 Å². The molecule has 0 aromatic heterocycles. The van der Waals surface area contributed by atoms with Crippen LogP contribution in [0.2, 0.25) is 0 Å². The summed E-state index contributed by atoms with van der Waals surface area (Å²) < 4.78 is 1.14. The Morgan fingerprint density at radius 3 is 1.83 bits per heavy atom. The van der Waals surface area contributed by atoms with E-state index in [0.29, 0.717) is 0 Å². The lowest BCUT2D eigenvalue weighted by Gasteiger charge is -2.14. The van der Waals surface area contributed by atoms with Crippen molar-refractivity contribution in [3.05, 3.63) is 26.7 Å². The second-order valence-electron chi connectivity index (χ2n) is 3.23. The van der Waals surface area contributed by atoms with Crippen molar-refractivity contribution in [3.63, 3.8) is 0 Å². The fraction of sp³-hybridized carbons (Fsp3) is 0.400. The van der Waals surface area contributed by atoms with E-state index < -0.39 is 0 Å². The fourth-order valence-electron chi connectivity index (χ4n) is 1.33. The lowest BCUT2D eigenvalue weighted by atomic mass is 9.83. The van der Waals surface area contributed by atoms with E-state index in [1.807, 2.05) is 6.92 Å². The Hall–Kier alpha value is -0.235. The molecular weight excluding hydrogens is 211 g/mol. The molecule has 1 aromatic rings. The van der Waals surface area contributed by atoms with Crippen molar-refractivity contribution in [2.45, 2.75) is 27.7 Å². The first-order valence-electron chi connectivity index (χ1n) is 3.98. The van der Waals surface area contributed by atoms with Gasteiger partial charge in [0.15, 0.2) is 0 Å². The first-order chi connectivity index (χ1) is 5.46. The summed E-state index contributed by atoms with van der Waals surface area (Å²) in [6.45, 7) is 8.32. The number of hydrogen-bond acceptors (Lipinski definition) is 0. The Balaban J connectivity index is 3.60. The molecule has 62 valence electrons. The number of halogens is 1. The highest BCUT2D eigenvalue weighted by Crippen LogP contribution is 2.24. The number of rotatable bonds is 0. The fourth-order valence-corrected chi connectivity index (χ4v) is 1.84. The quantitative estimate of drug-likeness (QED) is 0.592.